The molecule has 4 rings (SSSR count). The van der Waals surface area contributed by atoms with E-state index in [2.05, 4.69) is 129 Å². The van der Waals surface area contributed by atoms with Gasteiger partial charge in [-0.25, -0.2) is 0 Å². The number of benzene rings is 4. The quantitative estimate of drug-likeness (QED) is 0.137. The van der Waals surface area contributed by atoms with Crippen molar-refractivity contribution in [1.82, 2.24) is 0 Å². The number of nitrogens with one attached hydrogen (secondary N) is 1. The average molecular weight is 584 g/mol. The van der Waals surface area contributed by atoms with Crippen molar-refractivity contribution < 1.29 is 0 Å². The Morgan fingerprint density at radius 2 is 1.49 bits per heavy atom. The van der Waals surface area contributed by atoms with Crippen molar-refractivity contribution in [2.24, 2.45) is 0 Å². The van der Waals surface area contributed by atoms with Gasteiger partial charge in [0, 0.05) is 11.3 Å². The first-order valence-electron chi connectivity index (χ1n) is 15.2. The molecule has 0 unspecified atom stereocenters. The normalized spacial score (nSPS) is 12.7. The number of hydrogen-bond donors (Lipinski definition) is 1. The van der Waals surface area contributed by atoms with Crippen molar-refractivity contribution in [1.29, 1.82) is 0 Å². The molecule has 4 aromatic carbocycles. The summed E-state index contributed by atoms with van der Waals surface area (Å²) in [4.78, 5) is 0. The lowest BCUT2D eigenvalue weighted by Gasteiger charge is -2.15. The number of rotatable bonds is 11. The van der Waals surface area contributed by atoms with Gasteiger partial charge in [0.2, 0.25) is 0 Å². The number of allylic oxidation sites excluding steroid dienone is 14. The molecule has 0 saturated carbocycles. The highest BCUT2D eigenvalue weighted by Crippen LogP contribution is 2.31. The van der Waals surface area contributed by atoms with Crippen LogP contribution in [-0.2, 0) is 0 Å². The van der Waals surface area contributed by atoms with Gasteiger partial charge in [0.25, 0.3) is 0 Å². The summed E-state index contributed by atoms with van der Waals surface area (Å²) in [5.41, 5.74) is 11.0. The smallest absolute Gasteiger partial charge is 0.0974 e. The molecule has 0 fully saturated rings. The van der Waals surface area contributed by atoms with Crippen LogP contribution in [0.2, 0.25) is 0 Å². The van der Waals surface area contributed by atoms with Gasteiger partial charge in [-0.3, -0.25) is 0 Å². The van der Waals surface area contributed by atoms with Crippen LogP contribution in [-0.4, -0.2) is 0 Å². The van der Waals surface area contributed by atoms with E-state index < -0.39 is 0 Å². The molecular weight excluding hydrogens is 542 g/mol. The molecule has 0 aliphatic rings. The van der Waals surface area contributed by atoms with Crippen LogP contribution in [0.4, 0.5) is 5.69 Å². The van der Waals surface area contributed by atoms with E-state index in [1.807, 2.05) is 62.5 Å². The minimum absolute atomic E-state index is 0.647. The third-order valence-corrected chi connectivity index (χ3v) is 7.62. The van der Waals surface area contributed by atoms with E-state index >= 15 is 0 Å². The summed E-state index contributed by atoms with van der Waals surface area (Å²) in [6.07, 6.45) is 24.2. The highest BCUT2D eigenvalue weighted by Gasteiger charge is 2.10. The van der Waals surface area contributed by atoms with Gasteiger partial charge in [-0.15, -0.1) is 6.42 Å². The molecule has 0 radical (unpaired) electrons. The third kappa shape index (κ3) is 8.29. The van der Waals surface area contributed by atoms with Gasteiger partial charge in [-0.2, -0.15) is 0 Å². The van der Waals surface area contributed by atoms with Crippen LogP contribution < -0.4 is 5.32 Å². The van der Waals surface area contributed by atoms with E-state index in [-0.39, 0.29) is 0 Å². The fraction of sp³-hybridized carbons (Fsp3) is 0.0909. The molecule has 0 aromatic heterocycles. The maximum absolute atomic E-state index is 6.15. The minimum atomic E-state index is 0.647. The molecule has 0 bridgehead atoms. The Bertz CT molecular complexity index is 1920. The van der Waals surface area contributed by atoms with Gasteiger partial charge < -0.3 is 5.32 Å². The lowest BCUT2D eigenvalue weighted by molar-refractivity contribution is 1.39. The Hall–Kier alpha value is -5.58. The van der Waals surface area contributed by atoms with Crippen molar-refractivity contribution in [3.8, 4) is 23.5 Å². The summed E-state index contributed by atoms with van der Waals surface area (Å²) in [5, 5.41) is 5.95. The van der Waals surface area contributed by atoms with E-state index in [9.17, 15) is 0 Å². The second-order valence-corrected chi connectivity index (χ2v) is 10.8. The van der Waals surface area contributed by atoms with Crippen molar-refractivity contribution in [2.75, 3.05) is 5.32 Å². The number of aryl methyl sites for hydroxylation is 1. The summed E-state index contributed by atoms with van der Waals surface area (Å²) in [6.45, 7) is 16.9. The molecular formula is C44H41N. The van der Waals surface area contributed by atoms with E-state index in [1.165, 1.54) is 21.9 Å². The first kappa shape index (κ1) is 32.3. The first-order chi connectivity index (χ1) is 21.9. The van der Waals surface area contributed by atoms with Crippen molar-refractivity contribution in [3.63, 3.8) is 0 Å². The number of anilines is 1. The fourth-order valence-corrected chi connectivity index (χ4v) is 5.12. The van der Waals surface area contributed by atoms with Crippen LogP contribution in [0.25, 0.3) is 33.0 Å². The molecule has 0 spiro atoms. The molecule has 0 heterocycles. The van der Waals surface area contributed by atoms with Crippen LogP contribution in [0, 0.1) is 19.3 Å². The van der Waals surface area contributed by atoms with Gasteiger partial charge in [0.1, 0.15) is 0 Å². The molecule has 222 valence electrons. The third-order valence-electron chi connectivity index (χ3n) is 7.62. The topological polar surface area (TPSA) is 12.0 Å². The van der Waals surface area contributed by atoms with Crippen LogP contribution in [0.5, 0.6) is 0 Å². The fourth-order valence-electron chi connectivity index (χ4n) is 5.12. The molecule has 1 heteroatoms. The Morgan fingerprint density at radius 1 is 0.800 bits per heavy atom. The van der Waals surface area contributed by atoms with Crippen LogP contribution in [0.1, 0.15) is 37.5 Å². The second-order valence-electron chi connectivity index (χ2n) is 10.8. The zero-order chi connectivity index (χ0) is 32.2. The van der Waals surface area contributed by atoms with Gasteiger partial charge in [0.15, 0.2) is 0 Å². The molecule has 1 N–H and O–H groups in total. The van der Waals surface area contributed by atoms with Gasteiger partial charge in [-0.1, -0.05) is 134 Å². The molecule has 0 saturated heterocycles. The lowest BCUT2D eigenvalue weighted by atomic mass is 9.93. The van der Waals surface area contributed by atoms with E-state index in [1.54, 1.807) is 0 Å². The van der Waals surface area contributed by atoms with Crippen LogP contribution >= 0.6 is 0 Å². The molecule has 45 heavy (non-hydrogen) atoms. The second kappa shape index (κ2) is 15.8. The number of terminal acetylenes is 1. The molecule has 4 aromatic rings. The maximum Gasteiger partial charge on any atom is 0.0974 e. The lowest BCUT2D eigenvalue weighted by Crippen LogP contribution is -2.03. The van der Waals surface area contributed by atoms with Crippen molar-refractivity contribution in [2.45, 2.75) is 27.7 Å². The highest BCUT2D eigenvalue weighted by atomic mass is 14.9. The van der Waals surface area contributed by atoms with E-state index in [4.69, 9.17) is 6.42 Å². The Balaban J connectivity index is 1.72. The van der Waals surface area contributed by atoms with Gasteiger partial charge in [0.05, 0.1) is 5.70 Å². The van der Waals surface area contributed by atoms with Crippen molar-refractivity contribution in [3.05, 3.63) is 186 Å². The van der Waals surface area contributed by atoms with E-state index in [0.717, 1.165) is 44.7 Å². The van der Waals surface area contributed by atoms with Gasteiger partial charge in [-0.05, 0) is 107 Å². The van der Waals surface area contributed by atoms with Gasteiger partial charge >= 0.3 is 0 Å². The summed E-state index contributed by atoms with van der Waals surface area (Å²) >= 11 is 0. The standard InChI is InChI=1S/C44H41N/c1-8-11-13-18-32(4)42-31-38(25-24-34(42)6)35(7)30-43(33(5)19-14-12-9-2)44(10-3)45-39-28-26-37(27-29-39)41-23-17-21-36-20-15-16-22-40(36)41/h3,8-9,11-31,45H,4-5H2,1-2,6-7H3/b11-8-,12-9-,18-13-,19-14-,35-30+,44-43-. The predicted molar refractivity (Wildman–Crippen MR) is 200 cm³/mol. The zero-order valence-electron chi connectivity index (χ0n) is 26.8. The molecule has 0 aliphatic heterocycles. The van der Waals surface area contributed by atoms with Crippen LogP contribution in [0.15, 0.2) is 170 Å². The van der Waals surface area contributed by atoms with Crippen LogP contribution in [0.3, 0.4) is 0 Å². The van der Waals surface area contributed by atoms with Crippen molar-refractivity contribution >= 4 is 27.6 Å². The summed E-state index contributed by atoms with van der Waals surface area (Å²) < 4.78 is 0. The molecule has 1 nitrogen and oxygen atoms in total. The SMILES string of the molecule is C#C/C(Nc1ccc(-c2cccc3ccccc23)cc1)=C(\C=C(/C)c1ccc(C)c(C(=C)/C=C\C=C/C)c1)C(=C)/C=C\C=C/C. The summed E-state index contributed by atoms with van der Waals surface area (Å²) in [5.74, 6) is 2.90. The predicted octanol–water partition coefficient (Wildman–Crippen LogP) is 12.1. The highest BCUT2D eigenvalue weighted by molar-refractivity contribution is 5.96. The first-order valence-corrected chi connectivity index (χ1v) is 15.2. The largest absolute Gasteiger partial charge is 0.348 e. The number of fused-ring (bicyclic) bond motifs is 1. The minimum Gasteiger partial charge on any atom is -0.348 e. The molecule has 0 amide bonds. The van der Waals surface area contributed by atoms with E-state index in [0.29, 0.717) is 5.70 Å². The Labute approximate surface area is 269 Å². The zero-order valence-corrected chi connectivity index (χ0v) is 26.8. The monoisotopic (exact) mass is 583 g/mol. The maximum atomic E-state index is 6.15. The average Bonchev–Trinajstić information content (AvgIpc) is 3.06. The number of hydrogen-bond acceptors (Lipinski definition) is 1. The Kier molecular flexibility index (Phi) is 11.3. The Morgan fingerprint density at radius 3 is 2.20 bits per heavy atom. The summed E-state index contributed by atoms with van der Waals surface area (Å²) in [6, 6.07) is 29.7. The molecule has 0 atom stereocenters. The summed E-state index contributed by atoms with van der Waals surface area (Å²) in [7, 11) is 0. The molecule has 0 aliphatic carbocycles.